The number of hydrogen-bond acceptors (Lipinski definition) is 6. The molecule has 0 aromatic heterocycles. The Morgan fingerprint density at radius 2 is 1.54 bits per heavy atom. The van der Waals surface area contributed by atoms with Gasteiger partial charge in [0.25, 0.3) is 20.2 Å². The predicted molar refractivity (Wildman–Crippen MR) is 152 cm³/mol. The summed E-state index contributed by atoms with van der Waals surface area (Å²) in [6.07, 6.45) is 8.83. The van der Waals surface area contributed by atoms with E-state index in [9.17, 15) is 21.4 Å². The number of unbranched alkanes of at least 4 members (excludes halogenated alkanes) is 2. The SMILES string of the molecule is CCC1CCCCC[C@@H](N(CCCCS(=O)(=O)O)c2ccccc2C(C)C)[C@@H]1NCCCCS(=O)(=O)O. The van der Waals surface area contributed by atoms with Crippen molar-refractivity contribution in [1.82, 2.24) is 5.32 Å². The molecule has 1 saturated carbocycles. The fraction of sp³-hybridized carbons (Fsp3) is 0.778. The zero-order chi connectivity index (χ0) is 27.5. The second kappa shape index (κ2) is 15.4. The average molecular weight is 561 g/mol. The van der Waals surface area contributed by atoms with E-state index in [4.69, 9.17) is 4.55 Å². The van der Waals surface area contributed by atoms with Crippen molar-refractivity contribution in [3.8, 4) is 0 Å². The van der Waals surface area contributed by atoms with Crippen LogP contribution in [0.25, 0.3) is 0 Å². The van der Waals surface area contributed by atoms with Crippen molar-refractivity contribution in [2.45, 2.75) is 103 Å². The number of para-hydroxylation sites is 1. The number of anilines is 1. The van der Waals surface area contributed by atoms with Gasteiger partial charge < -0.3 is 10.2 Å². The third kappa shape index (κ3) is 11.6. The molecule has 1 fully saturated rings. The molecule has 3 atom stereocenters. The van der Waals surface area contributed by atoms with Crippen LogP contribution in [0.1, 0.15) is 96.5 Å². The molecule has 0 radical (unpaired) electrons. The van der Waals surface area contributed by atoms with Gasteiger partial charge in [-0.25, -0.2) is 0 Å². The molecule has 3 N–H and O–H groups in total. The highest BCUT2D eigenvalue weighted by atomic mass is 32.2. The van der Waals surface area contributed by atoms with Crippen LogP contribution in [-0.2, 0) is 20.2 Å². The molecule has 0 aliphatic heterocycles. The molecule has 37 heavy (non-hydrogen) atoms. The molecule has 1 aliphatic carbocycles. The van der Waals surface area contributed by atoms with Crippen LogP contribution in [0.3, 0.4) is 0 Å². The lowest BCUT2D eigenvalue weighted by Gasteiger charge is -2.44. The Hall–Kier alpha value is -1.20. The van der Waals surface area contributed by atoms with Crippen LogP contribution in [0.5, 0.6) is 0 Å². The molecule has 0 bridgehead atoms. The number of nitrogens with one attached hydrogen (secondary N) is 1. The standard InChI is InChI=1S/C27H48N2O6S2/c1-4-23-14-6-5-7-17-26(27(23)28-18-10-12-20-36(30,31)32)29(19-11-13-21-37(33,34)35)25-16-9-8-15-24(25)22(2)3/h8-9,15-16,22-23,26-28H,4-7,10-14,17-21H2,1-3H3,(H,30,31,32)(H,33,34,35)/t23?,26-,27-/m1/s1. The molecule has 2 rings (SSSR count). The molecule has 214 valence electrons. The van der Waals surface area contributed by atoms with Crippen molar-refractivity contribution in [1.29, 1.82) is 0 Å². The number of rotatable bonds is 15. The van der Waals surface area contributed by atoms with Gasteiger partial charge >= 0.3 is 0 Å². The predicted octanol–water partition coefficient (Wildman–Crippen LogP) is 5.27. The smallest absolute Gasteiger partial charge is 0.264 e. The maximum atomic E-state index is 11.3. The maximum absolute atomic E-state index is 11.3. The topological polar surface area (TPSA) is 124 Å². The molecule has 0 spiro atoms. The van der Waals surface area contributed by atoms with Crippen LogP contribution in [0.4, 0.5) is 5.69 Å². The third-order valence-electron chi connectivity index (χ3n) is 7.55. The van der Waals surface area contributed by atoms with Gasteiger partial charge in [-0.2, -0.15) is 16.8 Å². The normalized spacial score (nSPS) is 21.5. The summed E-state index contributed by atoms with van der Waals surface area (Å²) in [7, 11) is -7.94. The van der Waals surface area contributed by atoms with Gasteiger partial charge in [-0.05, 0) is 68.5 Å². The fourth-order valence-electron chi connectivity index (χ4n) is 5.67. The first kappa shape index (κ1) is 32.0. The van der Waals surface area contributed by atoms with Gasteiger partial charge in [0.2, 0.25) is 0 Å². The first-order valence-corrected chi connectivity index (χ1v) is 17.1. The Morgan fingerprint density at radius 3 is 2.16 bits per heavy atom. The molecular formula is C27H48N2O6S2. The summed E-state index contributed by atoms with van der Waals surface area (Å²) in [6.45, 7) is 7.98. The van der Waals surface area contributed by atoms with E-state index in [1.165, 1.54) is 24.1 Å². The highest BCUT2D eigenvalue weighted by Crippen LogP contribution is 2.35. The quantitative estimate of drug-likeness (QED) is 0.196. The number of hydrogen-bond donors (Lipinski definition) is 3. The molecule has 0 amide bonds. The highest BCUT2D eigenvalue weighted by Gasteiger charge is 2.34. The van der Waals surface area contributed by atoms with Gasteiger partial charge in [0.05, 0.1) is 11.5 Å². The number of benzene rings is 1. The van der Waals surface area contributed by atoms with E-state index in [-0.39, 0.29) is 23.6 Å². The van der Waals surface area contributed by atoms with Gasteiger partial charge in [-0.15, -0.1) is 0 Å². The lowest BCUT2D eigenvalue weighted by atomic mass is 9.80. The fourth-order valence-corrected chi connectivity index (χ4v) is 6.81. The van der Waals surface area contributed by atoms with E-state index in [2.05, 4.69) is 55.3 Å². The highest BCUT2D eigenvalue weighted by molar-refractivity contribution is 7.86. The first-order valence-electron chi connectivity index (χ1n) is 13.9. The summed E-state index contributed by atoms with van der Waals surface area (Å²) in [4.78, 5) is 2.48. The molecular weight excluding hydrogens is 512 g/mol. The Kier molecular flexibility index (Phi) is 13.3. The van der Waals surface area contributed by atoms with E-state index in [1.807, 2.05) is 0 Å². The van der Waals surface area contributed by atoms with Crippen molar-refractivity contribution in [3.63, 3.8) is 0 Å². The minimum atomic E-state index is -3.99. The van der Waals surface area contributed by atoms with Gasteiger partial charge in [0.1, 0.15) is 0 Å². The molecule has 8 nitrogen and oxygen atoms in total. The largest absolute Gasteiger partial charge is 0.367 e. The maximum Gasteiger partial charge on any atom is 0.264 e. The zero-order valence-corrected chi connectivity index (χ0v) is 24.4. The van der Waals surface area contributed by atoms with Crippen LogP contribution in [0.15, 0.2) is 24.3 Å². The summed E-state index contributed by atoms with van der Waals surface area (Å²) in [5.74, 6) is 0.351. The van der Waals surface area contributed by atoms with Crippen LogP contribution in [0, 0.1) is 5.92 Å². The molecule has 10 heteroatoms. The molecule has 1 unspecified atom stereocenters. The average Bonchev–Trinajstić information content (AvgIpc) is 2.80. The Bertz CT molecular complexity index is 1010. The molecule has 0 heterocycles. The van der Waals surface area contributed by atoms with Crippen molar-refractivity contribution in [2.75, 3.05) is 29.5 Å². The monoisotopic (exact) mass is 560 g/mol. The third-order valence-corrected chi connectivity index (χ3v) is 9.16. The van der Waals surface area contributed by atoms with Crippen LogP contribution < -0.4 is 10.2 Å². The second-order valence-corrected chi connectivity index (χ2v) is 13.9. The van der Waals surface area contributed by atoms with Crippen LogP contribution in [0.2, 0.25) is 0 Å². The lowest BCUT2D eigenvalue weighted by molar-refractivity contribution is 0.240. The summed E-state index contributed by atoms with van der Waals surface area (Å²) in [5.41, 5.74) is 2.45. The van der Waals surface area contributed by atoms with Crippen molar-refractivity contribution < 1.29 is 25.9 Å². The van der Waals surface area contributed by atoms with Crippen molar-refractivity contribution in [3.05, 3.63) is 29.8 Å². The van der Waals surface area contributed by atoms with E-state index in [1.54, 1.807) is 0 Å². The van der Waals surface area contributed by atoms with Gasteiger partial charge in [-0.3, -0.25) is 9.11 Å². The van der Waals surface area contributed by atoms with Crippen molar-refractivity contribution in [2.24, 2.45) is 5.92 Å². The van der Waals surface area contributed by atoms with Gasteiger partial charge in [-0.1, -0.05) is 64.7 Å². The summed E-state index contributed by atoms with van der Waals surface area (Å²) in [5, 5.41) is 3.79. The summed E-state index contributed by atoms with van der Waals surface area (Å²) >= 11 is 0. The minimum absolute atomic E-state index is 0.206. The van der Waals surface area contributed by atoms with E-state index in [0.29, 0.717) is 50.6 Å². The molecule has 1 aromatic rings. The summed E-state index contributed by atoms with van der Waals surface area (Å²) < 4.78 is 63.2. The van der Waals surface area contributed by atoms with E-state index in [0.717, 1.165) is 25.7 Å². The zero-order valence-electron chi connectivity index (χ0n) is 22.8. The number of nitrogens with zero attached hydrogens (tertiary/aromatic N) is 1. The molecule has 1 aromatic carbocycles. The Labute approximate surface area is 225 Å². The Balaban J connectivity index is 2.35. The Morgan fingerprint density at radius 1 is 0.919 bits per heavy atom. The lowest BCUT2D eigenvalue weighted by Crippen LogP contribution is -2.55. The first-order chi connectivity index (χ1) is 17.4. The second-order valence-electron chi connectivity index (χ2n) is 10.7. The van der Waals surface area contributed by atoms with E-state index < -0.39 is 20.2 Å². The van der Waals surface area contributed by atoms with Crippen LogP contribution >= 0.6 is 0 Å². The summed E-state index contributed by atoms with van der Waals surface area (Å²) in [6, 6.07) is 8.87. The van der Waals surface area contributed by atoms with Crippen LogP contribution in [-0.4, -0.2) is 62.6 Å². The van der Waals surface area contributed by atoms with Gasteiger partial charge in [0, 0.05) is 24.3 Å². The van der Waals surface area contributed by atoms with Gasteiger partial charge in [0.15, 0.2) is 0 Å². The minimum Gasteiger partial charge on any atom is -0.367 e. The molecule has 0 saturated heterocycles. The van der Waals surface area contributed by atoms with Crippen molar-refractivity contribution >= 4 is 25.9 Å². The van der Waals surface area contributed by atoms with E-state index >= 15 is 0 Å². The molecule has 1 aliphatic rings.